The van der Waals surface area contributed by atoms with Gasteiger partial charge in [0.25, 0.3) is 0 Å². The molecule has 34 heavy (non-hydrogen) atoms. The van der Waals surface area contributed by atoms with E-state index >= 15 is 0 Å². The predicted molar refractivity (Wildman–Crippen MR) is 129 cm³/mol. The van der Waals surface area contributed by atoms with E-state index in [0.717, 1.165) is 12.8 Å². The van der Waals surface area contributed by atoms with Crippen molar-refractivity contribution in [3.63, 3.8) is 0 Å². The summed E-state index contributed by atoms with van der Waals surface area (Å²) in [6.45, 7) is 4.07. The van der Waals surface area contributed by atoms with Crippen LogP contribution in [0.5, 0.6) is 5.75 Å². The standard InChI is InChI=1S/C23H31N3O6S2/c1-18-6-3-4-8-23(18)34(29,30)26-13-11-25(12-14-26)21-16-20(9-10-22(21)31-2)33(27,28)24-17-19-7-5-15-32-19/h3-4,6,8-10,16,19,24H,5,7,11-15,17H2,1-2H3/t19-/m0/s1. The van der Waals surface area contributed by atoms with Crippen LogP contribution in [0.2, 0.25) is 0 Å². The Labute approximate surface area is 201 Å². The highest BCUT2D eigenvalue weighted by molar-refractivity contribution is 7.89. The van der Waals surface area contributed by atoms with E-state index in [0.29, 0.717) is 41.6 Å². The molecular formula is C23H31N3O6S2. The van der Waals surface area contributed by atoms with E-state index in [1.807, 2.05) is 11.0 Å². The van der Waals surface area contributed by atoms with Gasteiger partial charge in [0.15, 0.2) is 0 Å². The highest BCUT2D eigenvalue weighted by Crippen LogP contribution is 2.32. The van der Waals surface area contributed by atoms with Crippen LogP contribution in [-0.2, 0) is 24.8 Å². The summed E-state index contributed by atoms with van der Waals surface area (Å²) < 4.78 is 67.1. The Morgan fingerprint density at radius 2 is 1.79 bits per heavy atom. The van der Waals surface area contributed by atoms with Crippen LogP contribution in [0.25, 0.3) is 0 Å². The van der Waals surface area contributed by atoms with Gasteiger partial charge in [0.2, 0.25) is 20.0 Å². The lowest BCUT2D eigenvalue weighted by Gasteiger charge is -2.36. The van der Waals surface area contributed by atoms with E-state index in [-0.39, 0.29) is 30.6 Å². The summed E-state index contributed by atoms with van der Waals surface area (Å²) in [5.74, 6) is 0.535. The fourth-order valence-electron chi connectivity index (χ4n) is 4.33. The van der Waals surface area contributed by atoms with Gasteiger partial charge in [-0.3, -0.25) is 0 Å². The molecule has 0 aliphatic carbocycles. The topological polar surface area (TPSA) is 105 Å². The molecule has 9 nitrogen and oxygen atoms in total. The Bertz CT molecular complexity index is 1220. The molecule has 2 aliphatic rings. The van der Waals surface area contributed by atoms with E-state index < -0.39 is 20.0 Å². The molecular weight excluding hydrogens is 478 g/mol. The molecule has 0 saturated carbocycles. The van der Waals surface area contributed by atoms with Crippen LogP contribution in [0, 0.1) is 6.92 Å². The Hall–Kier alpha value is -2.18. The van der Waals surface area contributed by atoms with E-state index in [9.17, 15) is 16.8 Å². The fraction of sp³-hybridized carbons (Fsp3) is 0.478. The number of anilines is 1. The normalized spacial score (nSPS) is 19.9. The van der Waals surface area contributed by atoms with Gasteiger partial charge in [-0.2, -0.15) is 4.31 Å². The van der Waals surface area contributed by atoms with Crippen molar-refractivity contribution >= 4 is 25.7 Å². The second-order valence-corrected chi connectivity index (χ2v) is 12.2. The zero-order valence-electron chi connectivity index (χ0n) is 19.4. The van der Waals surface area contributed by atoms with Crippen LogP contribution in [0.4, 0.5) is 5.69 Å². The van der Waals surface area contributed by atoms with Crippen LogP contribution in [0.15, 0.2) is 52.3 Å². The fourth-order valence-corrected chi connectivity index (χ4v) is 7.06. The number of sulfonamides is 2. The molecule has 1 atom stereocenters. The summed E-state index contributed by atoms with van der Waals surface area (Å²) in [7, 11) is -5.80. The third-order valence-electron chi connectivity index (χ3n) is 6.28. The average Bonchev–Trinajstić information content (AvgIpc) is 3.36. The third-order valence-corrected chi connectivity index (χ3v) is 9.76. The number of nitrogens with zero attached hydrogens (tertiary/aromatic N) is 2. The molecule has 0 aromatic heterocycles. The predicted octanol–water partition coefficient (Wildman–Crippen LogP) is 1.97. The minimum absolute atomic E-state index is 0.101. The lowest BCUT2D eigenvalue weighted by atomic mass is 10.2. The van der Waals surface area contributed by atoms with Crippen molar-refractivity contribution in [2.24, 2.45) is 0 Å². The first-order valence-corrected chi connectivity index (χ1v) is 14.2. The van der Waals surface area contributed by atoms with Gasteiger partial charge in [-0.25, -0.2) is 21.6 Å². The van der Waals surface area contributed by atoms with E-state index in [1.54, 1.807) is 37.3 Å². The number of aryl methyl sites for hydroxylation is 1. The average molecular weight is 510 g/mol. The van der Waals surface area contributed by atoms with Gasteiger partial charge in [-0.05, 0) is 49.6 Å². The van der Waals surface area contributed by atoms with Crippen LogP contribution in [-0.4, -0.2) is 73.7 Å². The zero-order valence-corrected chi connectivity index (χ0v) is 21.1. The lowest BCUT2D eigenvalue weighted by molar-refractivity contribution is 0.114. The van der Waals surface area contributed by atoms with Gasteiger partial charge >= 0.3 is 0 Å². The summed E-state index contributed by atoms with van der Waals surface area (Å²) in [4.78, 5) is 2.41. The minimum Gasteiger partial charge on any atom is -0.495 e. The van der Waals surface area contributed by atoms with Crippen LogP contribution < -0.4 is 14.4 Å². The third kappa shape index (κ3) is 5.23. The molecule has 4 rings (SSSR count). The second kappa shape index (κ2) is 10.2. The monoisotopic (exact) mass is 509 g/mol. The largest absolute Gasteiger partial charge is 0.495 e. The number of rotatable bonds is 8. The molecule has 0 spiro atoms. The number of ether oxygens (including phenoxy) is 2. The molecule has 2 aliphatic heterocycles. The summed E-state index contributed by atoms with van der Waals surface area (Å²) >= 11 is 0. The molecule has 2 aromatic carbocycles. The van der Waals surface area contributed by atoms with Gasteiger partial charge in [0.1, 0.15) is 5.75 Å². The number of piperazine rings is 1. The van der Waals surface area contributed by atoms with Crippen LogP contribution in [0.1, 0.15) is 18.4 Å². The summed E-state index contributed by atoms with van der Waals surface area (Å²) in [6.07, 6.45) is 1.67. The Morgan fingerprint density at radius 3 is 2.44 bits per heavy atom. The van der Waals surface area contributed by atoms with E-state index in [1.165, 1.54) is 17.5 Å². The first-order valence-electron chi connectivity index (χ1n) is 11.3. The molecule has 186 valence electrons. The molecule has 2 saturated heterocycles. The number of nitrogens with one attached hydrogen (secondary N) is 1. The highest BCUT2D eigenvalue weighted by atomic mass is 32.2. The van der Waals surface area contributed by atoms with Crippen molar-refractivity contribution < 1.29 is 26.3 Å². The number of methoxy groups -OCH3 is 1. The van der Waals surface area contributed by atoms with Gasteiger partial charge < -0.3 is 14.4 Å². The first kappa shape index (κ1) is 24.9. The smallest absolute Gasteiger partial charge is 0.243 e. The van der Waals surface area contributed by atoms with Gasteiger partial charge in [0.05, 0.1) is 28.7 Å². The Balaban J connectivity index is 1.49. The molecule has 2 fully saturated rings. The summed E-state index contributed by atoms with van der Waals surface area (Å²) in [5.41, 5.74) is 1.33. The van der Waals surface area contributed by atoms with Gasteiger partial charge in [0, 0.05) is 39.3 Å². The van der Waals surface area contributed by atoms with Gasteiger partial charge in [-0.1, -0.05) is 18.2 Å². The summed E-state index contributed by atoms with van der Waals surface area (Å²) in [6, 6.07) is 11.7. The zero-order chi connectivity index (χ0) is 24.3. The lowest BCUT2D eigenvalue weighted by Crippen LogP contribution is -2.48. The maximum Gasteiger partial charge on any atom is 0.243 e. The number of benzene rings is 2. The van der Waals surface area contributed by atoms with Gasteiger partial charge in [-0.15, -0.1) is 0 Å². The first-order chi connectivity index (χ1) is 16.2. The molecule has 0 amide bonds. The Morgan fingerprint density at radius 1 is 1.06 bits per heavy atom. The number of hydrogen-bond acceptors (Lipinski definition) is 7. The molecule has 0 bridgehead atoms. The molecule has 2 aromatic rings. The molecule has 0 unspecified atom stereocenters. The maximum atomic E-state index is 13.1. The van der Waals surface area contributed by atoms with Crippen molar-refractivity contribution in [1.82, 2.24) is 9.03 Å². The van der Waals surface area contributed by atoms with Crippen LogP contribution in [0.3, 0.4) is 0 Å². The maximum absolute atomic E-state index is 13.1. The second-order valence-electron chi connectivity index (χ2n) is 8.48. The number of hydrogen-bond donors (Lipinski definition) is 1. The van der Waals surface area contributed by atoms with E-state index in [2.05, 4.69) is 4.72 Å². The summed E-state index contributed by atoms with van der Waals surface area (Å²) in [5, 5.41) is 0. The minimum atomic E-state index is -3.73. The molecule has 2 heterocycles. The quantitative estimate of drug-likeness (QED) is 0.580. The van der Waals surface area contributed by atoms with Crippen LogP contribution >= 0.6 is 0 Å². The SMILES string of the molecule is COc1ccc(S(=O)(=O)NC[C@@H]2CCCO2)cc1N1CCN(S(=O)(=O)c2ccccc2C)CC1. The molecule has 0 radical (unpaired) electrons. The molecule has 11 heteroatoms. The molecule has 1 N–H and O–H groups in total. The van der Waals surface area contributed by atoms with E-state index in [4.69, 9.17) is 9.47 Å². The van der Waals surface area contributed by atoms with Crippen molar-refractivity contribution in [2.45, 2.75) is 35.7 Å². The van der Waals surface area contributed by atoms with Crippen molar-refractivity contribution in [3.8, 4) is 5.75 Å². The van der Waals surface area contributed by atoms with Crippen molar-refractivity contribution in [2.75, 3.05) is 51.3 Å². The van der Waals surface area contributed by atoms with Crippen molar-refractivity contribution in [1.29, 1.82) is 0 Å². The Kier molecular flexibility index (Phi) is 7.48. The highest BCUT2D eigenvalue weighted by Gasteiger charge is 2.31. The van der Waals surface area contributed by atoms with Crippen molar-refractivity contribution in [3.05, 3.63) is 48.0 Å².